The van der Waals surface area contributed by atoms with Crippen LogP contribution in [0.1, 0.15) is 19.6 Å². The van der Waals surface area contributed by atoms with Crippen LogP contribution in [0.3, 0.4) is 0 Å². The molecular formula is C12H16FN5O2. The Morgan fingerprint density at radius 3 is 2.90 bits per heavy atom. The monoisotopic (exact) mass is 281 g/mol. The fraction of sp³-hybridized carbons (Fsp3) is 0.500. The highest BCUT2D eigenvalue weighted by Crippen LogP contribution is 2.37. The summed E-state index contributed by atoms with van der Waals surface area (Å²) in [6, 6.07) is 0. The zero-order valence-electron chi connectivity index (χ0n) is 11.0. The van der Waals surface area contributed by atoms with Crippen molar-refractivity contribution >= 4 is 22.8 Å². The summed E-state index contributed by atoms with van der Waals surface area (Å²) in [4.78, 5) is 7.82. The van der Waals surface area contributed by atoms with Gasteiger partial charge in [0.25, 0.3) is 0 Å². The Morgan fingerprint density at radius 2 is 2.25 bits per heavy atom. The standard InChI is InChI=1S/C12H16FN5O2/c1-5-2-6(4-19)20-11(5)18-3-7(13)8-9(14)16-12(15)17-10(8)18/h3,5-6,11,19H,2,4H2,1H3,(H4,14,15,16,17)/t5-,6-,11+/m0/s1. The molecule has 0 saturated carbocycles. The second kappa shape index (κ2) is 4.57. The van der Waals surface area contributed by atoms with Crippen LogP contribution in [0.4, 0.5) is 16.2 Å². The van der Waals surface area contributed by atoms with Crippen LogP contribution in [0.25, 0.3) is 11.0 Å². The molecule has 3 heterocycles. The van der Waals surface area contributed by atoms with Gasteiger partial charge in [-0.1, -0.05) is 6.92 Å². The van der Waals surface area contributed by atoms with Crippen LogP contribution in [0, 0.1) is 11.7 Å². The van der Waals surface area contributed by atoms with Crippen molar-refractivity contribution in [3.05, 3.63) is 12.0 Å². The Bertz CT molecular complexity index is 659. The smallest absolute Gasteiger partial charge is 0.223 e. The molecule has 0 spiro atoms. The summed E-state index contributed by atoms with van der Waals surface area (Å²) in [5.74, 6) is -0.410. The summed E-state index contributed by atoms with van der Waals surface area (Å²) in [6.07, 6.45) is 1.31. The summed E-state index contributed by atoms with van der Waals surface area (Å²) in [5.41, 5.74) is 11.6. The van der Waals surface area contributed by atoms with Crippen molar-refractivity contribution in [2.45, 2.75) is 25.7 Å². The Balaban J connectivity index is 2.13. The van der Waals surface area contributed by atoms with Gasteiger partial charge in [0.05, 0.1) is 18.1 Å². The normalized spacial score (nSPS) is 26.4. The molecule has 5 N–H and O–H groups in total. The first-order valence-electron chi connectivity index (χ1n) is 6.36. The molecule has 3 atom stereocenters. The largest absolute Gasteiger partial charge is 0.394 e. The highest BCUT2D eigenvalue weighted by molar-refractivity contribution is 5.88. The zero-order valence-corrected chi connectivity index (χ0v) is 11.0. The third kappa shape index (κ3) is 1.88. The number of hydrogen-bond donors (Lipinski definition) is 3. The van der Waals surface area contributed by atoms with Gasteiger partial charge in [0.2, 0.25) is 5.95 Å². The molecule has 1 aliphatic rings. The number of anilines is 2. The lowest BCUT2D eigenvalue weighted by Crippen LogP contribution is -2.15. The number of aliphatic hydroxyl groups is 1. The number of nitrogen functional groups attached to an aromatic ring is 2. The van der Waals surface area contributed by atoms with Crippen LogP contribution in [0.15, 0.2) is 6.20 Å². The lowest BCUT2D eigenvalue weighted by atomic mass is 10.1. The van der Waals surface area contributed by atoms with Gasteiger partial charge in [-0.15, -0.1) is 0 Å². The van der Waals surface area contributed by atoms with Crippen molar-refractivity contribution < 1.29 is 14.2 Å². The minimum atomic E-state index is -0.513. The fourth-order valence-electron chi connectivity index (χ4n) is 2.72. The summed E-state index contributed by atoms with van der Waals surface area (Å²) in [7, 11) is 0. The molecule has 7 nitrogen and oxygen atoms in total. The Hall–Kier alpha value is -1.93. The highest BCUT2D eigenvalue weighted by atomic mass is 19.1. The van der Waals surface area contributed by atoms with Gasteiger partial charge in [-0.25, -0.2) is 4.39 Å². The molecule has 0 radical (unpaired) electrons. The molecule has 0 bridgehead atoms. The molecule has 8 heteroatoms. The van der Waals surface area contributed by atoms with Gasteiger partial charge in [-0.05, 0) is 6.42 Å². The molecule has 0 unspecified atom stereocenters. The third-order valence-electron chi connectivity index (χ3n) is 3.60. The molecule has 0 amide bonds. The van der Waals surface area contributed by atoms with Gasteiger partial charge in [0.1, 0.15) is 12.0 Å². The van der Waals surface area contributed by atoms with Crippen molar-refractivity contribution in [2.24, 2.45) is 5.92 Å². The fourth-order valence-corrected chi connectivity index (χ4v) is 2.72. The molecule has 20 heavy (non-hydrogen) atoms. The predicted molar refractivity (Wildman–Crippen MR) is 71.1 cm³/mol. The van der Waals surface area contributed by atoms with E-state index < -0.39 is 12.0 Å². The number of ether oxygens (including phenoxy) is 1. The van der Waals surface area contributed by atoms with Gasteiger partial charge in [-0.3, -0.25) is 0 Å². The first-order valence-corrected chi connectivity index (χ1v) is 6.36. The average molecular weight is 281 g/mol. The number of nitrogens with two attached hydrogens (primary N) is 2. The van der Waals surface area contributed by atoms with Crippen LogP contribution in [0.5, 0.6) is 0 Å². The van der Waals surface area contributed by atoms with Gasteiger partial charge in [-0.2, -0.15) is 9.97 Å². The summed E-state index contributed by atoms with van der Waals surface area (Å²) in [5, 5.41) is 9.32. The van der Waals surface area contributed by atoms with Crippen LogP contribution < -0.4 is 11.5 Å². The average Bonchev–Trinajstić information content (AvgIpc) is 2.90. The quantitative estimate of drug-likeness (QED) is 0.745. The number of aromatic nitrogens is 3. The first kappa shape index (κ1) is 13.1. The number of halogens is 1. The first-order chi connectivity index (χ1) is 9.51. The van der Waals surface area contributed by atoms with Crippen molar-refractivity contribution in [1.82, 2.24) is 14.5 Å². The van der Waals surface area contributed by atoms with E-state index in [4.69, 9.17) is 16.2 Å². The molecule has 1 saturated heterocycles. The number of nitrogens with zero attached hydrogens (tertiary/aromatic N) is 3. The number of fused-ring (bicyclic) bond motifs is 1. The van der Waals surface area contributed by atoms with E-state index in [-0.39, 0.29) is 35.8 Å². The number of hydrogen-bond acceptors (Lipinski definition) is 6. The molecular weight excluding hydrogens is 265 g/mol. The Labute approximate surface area is 114 Å². The minimum absolute atomic E-state index is 0.00751. The summed E-state index contributed by atoms with van der Waals surface area (Å²) in [6.45, 7) is 1.90. The van der Waals surface area contributed by atoms with Crippen LogP contribution in [-0.4, -0.2) is 32.4 Å². The molecule has 0 aliphatic carbocycles. The van der Waals surface area contributed by atoms with E-state index in [1.54, 1.807) is 4.57 Å². The van der Waals surface area contributed by atoms with E-state index >= 15 is 0 Å². The summed E-state index contributed by atoms with van der Waals surface area (Å²) < 4.78 is 21.3. The number of rotatable bonds is 2. The Kier molecular flexibility index (Phi) is 2.98. The van der Waals surface area contributed by atoms with Crippen LogP contribution >= 0.6 is 0 Å². The molecule has 108 valence electrons. The van der Waals surface area contributed by atoms with Gasteiger partial charge < -0.3 is 25.9 Å². The molecule has 1 fully saturated rings. The second-order valence-corrected chi connectivity index (χ2v) is 5.09. The van der Waals surface area contributed by atoms with Crippen molar-refractivity contribution in [1.29, 1.82) is 0 Å². The molecule has 3 rings (SSSR count). The third-order valence-corrected chi connectivity index (χ3v) is 3.60. The van der Waals surface area contributed by atoms with E-state index in [0.717, 1.165) is 0 Å². The topological polar surface area (TPSA) is 112 Å². The van der Waals surface area contributed by atoms with E-state index in [1.807, 2.05) is 6.92 Å². The van der Waals surface area contributed by atoms with Crippen LogP contribution in [-0.2, 0) is 4.74 Å². The van der Waals surface area contributed by atoms with Gasteiger partial charge >= 0.3 is 0 Å². The molecule has 2 aromatic rings. The van der Waals surface area contributed by atoms with E-state index in [1.165, 1.54) is 6.20 Å². The van der Waals surface area contributed by atoms with E-state index in [9.17, 15) is 9.50 Å². The predicted octanol–water partition coefficient (Wildman–Crippen LogP) is 0.651. The zero-order chi connectivity index (χ0) is 14.4. The van der Waals surface area contributed by atoms with Crippen molar-refractivity contribution in [3.63, 3.8) is 0 Å². The second-order valence-electron chi connectivity index (χ2n) is 5.09. The van der Waals surface area contributed by atoms with Gasteiger partial charge in [0.15, 0.2) is 11.5 Å². The molecule has 2 aromatic heterocycles. The molecule has 0 aromatic carbocycles. The lowest BCUT2D eigenvalue weighted by Gasteiger charge is -2.18. The maximum atomic E-state index is 14.0. The summed E-state index contributed by atoms with van der Waals surface area (Å²) >= 11 is 0. The van der Waals surface area contributed by atoms with Crippen LogP contribution in [0.2, 0.25) is 0 Å². The van der Waals surface area contributed by atoms with E-state index in [0.29, 0.717) is 12.1 Å². The maximum absolute atomic E-state index is 14.0. The molecule has 1 aliphatic heterocycles. The van der Waals surface area contributed by atoms with Crippen molar-refractivity contribution in [2.75, 3.05) is 18.1 Å². The van der Waals surface area contributed by atoms with Crippen molar-refractivity contribution in [3.8, 4) is 0 Å². The van der Waals surface area contributed by atoms with Gasteiger partial charge in [0, 0.05) is 12.1 Å². The van der Waals surface area contributed by atoms with E-state index in [2.05, 4.69) is 9.97 Å². The maximum Gasteiger partial charge on any atom is 0.223 e. The lowest BCUT2D eigenvalue weighted by molar-refractivity contribution is -0.0293. The Morgan fingerprint density at radius 1 is 1.50 bits per heavy atom. The SMILES string of the molecule is C[C@H]1C[C@@H](CO)O[C@H]1n1cc(F)c2c(N)nc(N)nc21. The number of aliphatic hydroxyl groups excluding tert-OH is 1. The minimum Gasteiger partial charge on any atom is -0.394 e. The highest BCUT2D eigenvalue weighted by Gasteiger charge is 2.34.